The van der Waals surface area contributed by atoms with Gasteiger partial charge in [-0.05, 0) is 36.9 Å². The Labute approximate surface area is 158 Å². The largest absolute Gasteiger partial charge is 0.340 e. The van der Waals surface area contributed by atoms with Gasteiger partial charge in [0.25, 0.3) is 0 Å². The van der Waals surface area contributed by atoms with E-state index in [1.54, 1.807) is 6.07 Å². The lowest BCUT2D eigenvalue weighted by Crippen LogP contribution is -2.47. The van der Waals surface area contributed by atoms with Crippen molar-refractivity contribution in [3.8, 4) is 0 Å². The van der Waals surface area contributed by atoms with Crippen molar-refractivity contribution in [2.45, 2.75) is 12.8 Å². The molecule has 1 fully saturated rings. The van der Waals surface area contributed by atoms with Crippen molar-refractivity contribution in [2.75, 3.05) is 38.5 Å². The third-order valence-corrected chi connectivity index (χ3v) is 4.55. The second kappa shape index (κ2) is 8.73. The molecule has 1 aliphatic heterocycles. The molecule has 1 aromatic carbocycles. The lowest BCUT2D eigenvalue weighted by Gasteiger charge is -2.32. The smallest absolute Gasteiger partial charge is 0.230 e. The molecule has 3 rings (SSSR count). The third-order valence-electron chi connectivity index (χ3n) is 4.55. The number of piperazine rings is 1. The molecule has 0 aliphatic carbocycles. The van der Waals surface area contributed by atoms with Gasteiger partial charge in [0.05, 0.1) is 19.0 Å². The van der Waals surface area contributed by atoms with Crippen molar-refractivity contribution in [3.63, 3.8) is 0 Å². The van der Waals surface area contributed by atoms with Gasteiger partial charge in [-0.15, -0.1) is 0 Å². The maximum Gasteiger partial charge on any atom is 0.230 e. The summed E-state index contributed by atoms with van der Waals surface area (Å²) in [5, 5.41) is 2.80. The summed E-state index contributed by atoms with van der Waals surface area (Å²) in [6.45, 7) is 3.27. The van der Waals surface area contributed by atoms with Crippen LogP contribution in [0.15, 0.2) is 42.6 Å². The Kier molecular flexibility index (Phi) is 6.13. The van der Waals surface area contributed by atoms with Crippen LogP contribution < -0.4 is 5.32 Å². The quantitative estimate of drug-likeness (QED) is 0.870. The number of aromatic nitrogens is 1. The summed E-state index contributed by atoms with van der Waals surface area (Å²) in [5.41, 5.74) is 1.98. The van der Waals surface area contributed by atoms with Crippen LogP contribution in [0, 0.1) is 5.82 Å². The first-order valence-electron chi connectivity index (χ1n) is 8.95. The third kappa shape index (κ3) is 5.59. The molecule has 142 valence electrons. The number of benzene rings is 1. The van der Waals surface area contributed by atoms with Crippen LogP contribution in [0.5, 0.6) is 0 Å². The number of carbonyl (C=O) groups is 2. The average molecular weight is 370 g/mol. The minimum atomic E-state index is -0.433. The zero-order valence-corrected chi connectivity index (χ0v) is 15.3. The predicted molar refractivity (Wildman–Crippen MR) is 101 cm³/mol. The molecule has 0 spiro atoms. The summed E-state index contributed by atoms with van der Waals surface area (Å²) in [6, 6.07) is 10.0. The Hall–Kier alpha value is -2.80. The maximum atomic E-state index is 12.9. The van der Waals surface area contributed by atoms with E-state index in [4.69, 9.17) is 0 Å². The molecule has 1 aromatic heterocycles. The molecular formula is C20H23FN4O2. The summed E-state index contributed by atoms with van der Waals surface area (Å²) in [5.74, 6) is -0.574. The Bertz CT molecular complexity index is 802. The topological polar surface area (TPSA) is 65.5 Å². The molecular weight excluding hydrogens is 347 g/mol. The van der Waals surface area contributed by atoms with Gasteiger partial charge in [-0.25, -0.2) is 4.39 Å². The molecule has 1 N–H and O–H groups in total. The second-order valence-corrected chi connectivity index (χ2v) is 6.75. The fraction of sp³-hybridized carbons (Fsp3) is 0.350. The molecule has 1 aliphatic rings. The molecule has 0 atom stereocenters. The van der Waals surface area contributed by atoms with Crippen molar-refractivity contribution < 1.29 is 14.0 Å². The average Bonchev–Trinajstić information content (AvgIpc) is 2.64. The number of likely N-dealkylation sites (N-methyl/N-ethyl adjacent to an activating group) is 1. The van der Waals surface area contributed by atoms with Crippen LogP contribution in [0.4, 0.5) is 10.1 Å². The van der Waals surface area contributed by atoms with Gasteiger partial charge >= 0.3 is 0 Å². The molecule has 0 unspecified atom stereocenters. The number of anilines is 1. The highest BCUT2D eigenvalue weighted by molar-refractivity contribution is 5.92. The summed E-state index contributed by atoms with van der Waals surface area (Å²) in [7, 11) is 2.05. The van der Waals surface area contributed by atoms with E-state index in [1.165, 1.54) is 12.1 Å². The highest BCUT2D eigenvalue weighted by atomic mass is 19.1. The van der Waals surface area contributed by atoms with Crippen LogP contribution in [0.25, 0.3) is 0 Å². The van der Waals surface area contributed by atoms with Gasteiger partial charge < -0.3 is 15.1 Å². The molecule has 7 heteroatoms. The number of hydrogen-bond donors (Lipinski definition) is 1. The van der Waals surface area contributed by atoms with Gasteiger partial charge in [0.2, 0.25) is 11.8 Å². The Balaban J connectivity index is 1.55. The normalized spacial score (nSPS) is 14.8. The molecule has 0 bridgehead atoms. The minimum Gasteiger partial charge on any atom is -0.340 e. The summed E-state index contributed by atoms with van der Waals surface area (Å²) in [6.07, 6.45) is 1.46. The molecule has 2 amide bonds. The van der Waals surface area contributed by atoms with Gasteiger partial charge in [0.1, 0.15) is 5.82 Å². The van der Waals surface area contributed by atoms with E-state index in [1.807, 2.05) is 23.1 Å². The maximum absolute atomic E-state index is 12.9. The predicted octanol–water partition coefficient (Wildman–Crippen LogP) is 1.72. The molecule has 1 saturated heterocycles. The first kappa shape index (κ1) is 19.0. The zero-order valence-electron chi connectivity index (χ0n) is 15.3. The van der Waals surface area contributed by atoms with Crippen LogP contribution >= 0.6 is 0 Å². The van der Waals surface area contributed by atoms with E-state index >= 15 is 0 Å². The highest BCUT2D eigenvalue weighted by Gasteiger charge is 2.19. The van der Waals surface area contributed by atoms with Crippen molar-refractivity contribution in [1.29, 1.82) is 0 Å². The van der Waals surface area contributed by atoms with E-state index < -0.39 is 5.82 Å². The SMILES string of the molecule is CN1CCN(C(=O)Cc2cccc(NC(=O)Cc3ccc(F)cn3)c2)CC1. The standard InChI is InChI=1S/C20H23FN4O2/c1-24-7-9-25(10-8-24)20(27)12-15-3-2-4-18(11-15)23-19(26)13-17-6-5-16(21)14-22-17/h2-6,11,14H,7-10,12-13H2,1H3,(H,23,26). The van der Waals surface area contributed by atoms with E-state index in [0.717, 1.165) is 37.9 Å². The fourth-order valence-corrected chi connectivity index (χ4v) is 2.98. The lowest BCUT2D eigenvalue weighted by molar-refractivity contribution is -0.132. The molecule has 0 saturated carbocycles. The first-order valence-corrected chi connectivity index (χ1v) is 8.95. The first-order chi connectivity index (χ1) is 13.0. The monoisotopic (exact) mass is 370 g/mol. The van der Waals surface area contributed by atoms with E-state index in [-0.39, 0.29) is 18.2 Å². The number of rotatable bonds is 5. The van der Waals surface area contributed by atoms with Crippen LogP contribution in [0.1, 0.15) is 11.3 Å². The molecule has 2 heterocycles. The van der Waals surface area contributed by atoms with Crippen molar-refractivity contribution >= 4 is 17.5 Å². The van der Waals surface area contributed by atoms with Crippen LogP contribution in [-0.2, 0) is 22.4 Å². The van der Waals surface area contributed by atoms with Crippen molar-refractivity contribution in [3.05, 3.63) is 59.7 Å². The summed E-state index contributed by atoms with van der Waals surface area (Å²) >= 11 is 0. The van der Waals surface area contributed by atoms with Crippen molar-refractivity contribution in [2.24, 2.45) is 0 Å². The zero-order chi connectivity index (χ0) is 19.2. The molecule has 0 radical (unpaired) electrons. The Morgan fingerprint density at radius 1 is 1.11 bits per heavy atom. The number of hydrogen-bond acceptors (Lipinski definition) is 4. The summed E-state index contributed by atoms with van der Waals surface area (Å²) in [4.78, 5) is 32.6. The number of halogens is 1. The molecule has 6 nitrogen and oxygen atoms in total. The Morgan fingerprint density at radius 2 is 1.89 bits per heavy atom. The lowest BCUT2D eigenvalue weighted by atomic mass is 10.1. The van der Waals surface area contributed by atoms with Crippen LogP contribution in [-0.4, -0.2) is 59.8 Å². The number of carbonyl (C=O) groups excluding carboxylic acids is 2. The second-order valence-electron chi connectivity index (χ2n) is 6.75. The van der Waals surface area contributed by atoms with Crippen LogP contribution in [0.2, 0.25) is 0 Å². The van der Waals surface area contributed by atoms with Gasteiger partial charge in [-0.1, -0.05) is 12.1 Å². The number of pyridine rings is 1. The van der Waals surface area contributed by atoms with E-state index in [2.05, 4.69) is 22.2 Å². The Morgan fingerprint density at radius 3 is 2.59 bits per heavy atom. The van der Waals surface area contributed by atoms with Crippen LogP contribution in [0.3, 0.4) is 0 Å². The van der Waals surface area contributed by atoms with Gasteiger partial charge in [-0.3, -0.25) is 14.6 Å². The van der Waals surface area contributed by atoms with Crippen molar-refractivity contribution in [1.82, 2.24) is 14.8 Å². The fourth-order valence-electron chi connectivity index (χ4n) is 2.98. The van der Waals surface area contributed by atoms with Gasteiger partial charge in [-0.2, -0.15) is 0 Å². The minimum absolute atomic E-state index is 0.0603. The number of amides is 2. The van der Waals surface area contributed by atoms with E-state index in [0.29, 0.717) is 17.8 Å². The van der Waals surface area contributed by atoms with Gasteiger partial charge in [0, 0.05) is 37.6 Å². The van der Waals surface area contributed by atoms with E-state index in [9.17, 15) is 14.0 Å². The molecule has 27 heavy (non-hydrogen) atoms. The number of nitrogens with one attached hydrogen (secondary N) is 1. The number of nitrogens with zero attached hydrogens (tertiary/aromatic N) is 3. The highest BCUT2D eigenvalue weighted by Crippen LogP contribution is 2.13. The van der Waals surface area contributed by atoms with Gasteiger partial charge in [0.15, 0.2) is 0 Å². The molecule has 2 aromatic rings. The summed E-state index contributed by atoms with van der Waals surface area (Å²) < 4.78 is 12.9.